The Morgan fingerprint density at radius 3 is 2.89 bits per heavy atom. The van der Waals surface area contributed by atoms with Crippen LogP contribution in [-0.4, -0.2) is 34.9 Å². The van der Waals surface area contributed by atoms with Gasteiger partial charge in [0.1, 0.15) is 5.84 Å². The molecular weight excluding hydrogens is 266 g/mol. The van der Waals surface area contributed by atoms with Gasteiger partial charge in [-0.15, -0.1) is 0 Å². The van der Waals surface area contributed by atoms with Crippen LogP contribution >= 0.6 is 11.6 Å². The molecule has 102 valence electrons. The summed E-state index contributed by atoms with van der Waals surface area (Å²) in [6.07, 6.45) is 1.65. The van der Waals surface area contributed by atoms with Crippen LogP contribution in [0.5, 0.6) is 0 Å². The van der Waals surface area contributed by atoms with E-state index >= 15 is 0 Å². The van der Waals surface area contributed by atoms with Crippen molar-refractivity contribution in [1.29, 1.82) is 0 Å². The number of rotatable bonds is 2. The van der Waals surface area contributed by atoms with Crippen molar-refractivity contribution in [2.45, 2.75) is 12.8 Å². The number of nitrogens with zero attached hydrogens (tertiary/aromatic N) is 2. The molecule has 1 unspecified atom stereocenters. The Kier molecular flexibility index (Phi) is 4.27. The molecule has 1 aliphatic heterocycles. The fraction of sp³-hybridized carbons (Fsp3) is 0.385. The van der Waals surface area contributed by atoms with Crippen LogP contribution in [0.4, 0.5) is 0 Å². The number of likely N-dealkylation sites (tertiary alicyclic amines) is 1. The van der Waals surface area contributed by atoms with Crippen LogP contribution in [0.25, 0.3) is 0 Å². The first-order valence-electron chi connectivity index (χ1n) is 6.14. The van der Waals surface area contributed by atoms with E-state index in [1.165, 1.54) is 0 Å². The number of amides is 1. The molecule has 2 rings (SSSR count). The quantitative estimate of drug-likeness (QED) is 0.376. The van der Waals surface area contributed by atoms with Crippen molar-refractivity contribution in [3.63, 3.8) is 0 Å². The van der Waals surface area contributed by atoms with Crippen LogP contribution in [0, 0.1) is 5.92 Å². The minimum Gasteiger partial charge on any atom is -0.409 e. The van der Waals surface area contributed by atoms with E-state index in [1.807, 2.05) is 0 Å². The number of carbonyl (C=O) groups is 1. The molecule has 6 heteroatoms. The Balaban J connectivity index is 2.14. The maximum absolute atomic E-state index is 12.4. The lowest BCUT2D eigenvalue weighted by Gasteiger charge is -2.32. The number of oxime groups is 1. The van der Waals surface area contributed by atoms with Gasteiger partial charge in [-0.05, 0) is 25.0 Å². The van der Waals surface area contributed by atoms with E-state index in [1.54, 1.807) is 29.2 Å². The third kappa shape index (κ3) is 2.98. The van der Waals surface area contributed by atoms with Crippen molar-refractivity contribution in [2.75, 3.05) is 13.1 Å². The first-order chi connectivity index (χ1) is 9.13. The summed E-state index contributed by atoms with van der Waals surface area (Å²) in [4.78, 5) is 14.1. The van der Waals surface area contributed by atoms with Crippen molar-refractivity contribution in [2.24, 2.45) is 16.8 Å². The molecule has 1 fully saturated rings. The van der Waals surface area contributed by atoms with E-state index < -0.39 is 0 Å². The van der Waals surface area contributed by atoms with Crippen molar-refractivity contribution < 1.29 is 10.0 Å². The molecule has 1 aromatic carbocycles. The second kappa shape index (κ2) is 5.93. The van der Waals surface area contributed by atoms with Gasteiger partial charge in [-0.2, -0.15) is 0 Å². The zero-order valence-electron chi connectivity index (χ0n) is 10.4. The van der Waals surface area contributed by atoms with Gasteiger partial charge < -0.3 is 15.8 Å². The number of benzene rings is 1. The van der Waals surface area contributed by atoms with Crippen LogP contribution < -0.4 is 5.73 Å². The molecule has 0 radical (unpaired) electrons. The zero-order valence-corrected chi connectivity index (χ0v) is 11.2. The van der Waals surface area contributed by atoms with E-state index in [0.29, 0.717) is 23.7 Å². The van der Waals surface area contributed by atoms with Crippen LogP contribution in [0.15, 0.2) is 29.4 Å². The highest BCUT2D eigenvalue weighted by Gasteiger charge is 2.27. The summed E-state index contributed by atoms with van der Waals surface area (Å²) in [5.74, 6) is -0.0251. The molecule has 0 bridgehead atoms. The molecule has 3 N–H and O–H groups in total. The number of hydrogen-bond donors (Lipinski definition) is 2. The summed E-state index contributed by atoms with van der Waals surface area (Å²) in [5.41, 5.74) is 6.10. The highest BCUT2D eigenvalue weighted by atomic mass is 35.5. The average Bonchev–Trinajstić information content (AvgIpc) is 2.46. The highest BCUT2D eigenvalue weighted by molar-refractivity contribution is 6.33. The molecule has 19 heavy (non-hydrogen) atoms. The second-order valence-electron chi connectivity index (χ2n) is 4.60. The fourth-order valence-corrected chi connectivity index (χ4v) is 2.51. The minimum atomic E-state index is -0.110. The van der Waals surface area contributed by atoms with Gasteiger partial charge in [-0.3, -0.25) is 4.79 Å². The van der Waals surface area contributed by atoms with Gasteiger partial charge in [0.05, 0.1) is 10.6 Å². The van der Waals surface area contributed by atoms with Gasteiger partial charge in [-0.25, -0.2) is 0 Å². The Labute approximate surface area is 116 Å². The predicted molar refractivity (Wildman–Crippen MR) is 73.5 cm³/mol. The maximum Gasteiger partial charge on any atom is 0.255 e. The SMILES string of the molecule is NC(=NO)C1CCCN(C(=O)c2ccccc2Cl)C1. The van der Waals surface area contributed by atoms with Crippen molar-refractivity contribution >= 4 is 23.3 Å². The molecule has 0 saturated carbocycles. The molecule has 0 spiro atoms. The molecular formula is C13H16ClN3O2. The molecule has 1 heterocycles. The van der Waals surface area contributed by atoms with Gasteiger partial charge in [0.2, 0.25) is 0 Å². The van der Waals surface area contributed by atoms with Crippen molar-refractivity contribution in [1.82, 2.24) is 4.90 Å². The summed E-state index contributed by atoms with van der Waals surface area (Å²) in [6, 6.07) is 6.97. The molecule has 0 aromatic heterocycles. The molecule has 1 aromatic rings. The molecule has 1 saturated heterocycles. The van der Waals surface area contributed by atoms with Crippen LogP contribution in [-0.2, 0) is 0 Å². The number of piperidine rings is 1. The zero-order chi connectivity index (χ0) is 13.8. The third-order valence-electron chi connectivity index (χ3n) is 3.35. The molecule has 1 aliphatic rings. The number of amidine groups is 1. The molecule has 0 aliphatic carbocycles. The number of carbonyl (C=O) groups excluding carboxylic acids is 1. The Morgan fingerprint density at radius 2 is 2.21 bits per heavy atom. The normalized spacial score (nSPS) is 20.4. The summed E-state index contributed by atoms with van der Waals surface area (Å²) >= 11 is 6.03. The topological polar surface area (TPSA) is 78.9 Å². The van der Waals surface area contributed by atoms with Gasteiger partial charge >= 0.3 is 0 Å². The van der Waals surface area contributed by atoms with Gasteiger partial charge in [0, 0.05) is 19.0 Å². The Morgan fingerprint density at radius 1 is 1.47 bits per heavy atom. The van der Waals surface area contributed by atoms with Crippen LogP contribution in [0.3, 0.4) is 0 Å². The van der Waals surface area contributed by atoms with Crippen LogP contribution in [0.1, 0.15) is 23.2 Å². The van der Waals surface area contributed by atoms with Crippen molar-refractivity contribution in [3.8, 4) is 0 Å². The third-order valence-corrected chi connectivity index (χ3v) is 3.68. The minimum absolute atomic E-state index is 0.0924. The van der Waals surface area contributed by atoms with Crippen molar-refractivity contribution in [3.05, 3.63) is 34.9 Å². The fourth-order valence-electron chi connectivity index (χ4n) is 2.29. The summed E-state index contributed by atoms with van der Waals surface area (Å²) in [6.45, 7) is 1.12. The lowest BCUT2D eigenvalue weighted by Crippen LogP contribution is -2.44. The Bertz CT molecular complexity index is 504. The van der Waals surface area contributed by atoms with Gasteiger partial charge in [0.25, 0.3) is 5.91 Å². The molecule has 5 nitrogen and oxygen atoms in total. The average molecular weight is 282 g/mol. The monoisotopic (exact) mass is 281 g/mol. The predicted octanol–water partition coefficient (Wildman–Crippen LogP) is 1.94. The number of halogens is 1. The van der Waals surface area contributed by atoms with E-state index in [-0.39, 0.29) is 17.7 Å². The number of hydrogen-bond acceptors (Lipinski definition) is 3. The standard InChI is InChI=1S/C13H16ClN3O2/c14-11-6-2-1-5-10(11)13(18)17-7-3-4-9(8-17)12(15)16-19/h1-2,5-6,9,19H,3-4,7-8H2,(H2,15,16). The van der Waals surface area contributed by atoms with Crippen LogP contribution in [0.2, 0.25) is 5.02 Å². The maximum atomic E-state index is 12.4. The summed E-state index contributed by atoms with van der Waals surface area (Å²) < 4.78 is 0. The largest absolute Gasteiger partial charge is 0.409 e. The number of nitrogens with two attached hydrogens (primary N) is 1. The Hall–Kier alpha value is -1.75. The highest BCUT2D eigenvalue weighted by Crippen LogP contribution is 2.22. The summed E-state index contributed by atoms with van der Waals surface area (Å²) in [5, 5.41) is 12.2. The lowest BCUT2D eigenvalue weighted by molar-refractivity contribution is 0.0701. The van der Waals surface area contributed by atoms with E-state index in [4.69, 9.17) is 22.5 Å². The molecule has 1 amide bonds. The summed E-state index contributed by atoms with van der Waals surface area (Å²) in [7, 11) is 0. The second-order valence-corrected chi connectivity index (χ2v) is 5.00. The van der Waals surface area contributed by atoms with E-state index in [2.05, 4.69) is 5.16 Å². The molecule has 1 atom stereocenters. The van der Waals surface area contributed by atoms with E-state index in [0.717, 1.165) is 12.8 Å². The van der Waals surface area contributed by atoms with Gasteiger partial charge in [-0.1, -0.05) is 28.9 Å². The first-order valence-corrected chi connectivity index (χ1v) is 6.52. The smallest absolute Gasteiger partial charge is 0.255 e. The lowest BCUT2D eigenvalue weighted by atomic mass is 9.96. The van der Waals surface area contributed by atoms with Gasteiger partial charge in [0.15, 0.2) is 0 Å². The van der Waals surface area contributed by atoms with E-state index in [9.17, 15) is 4.79 Å². The first kappa shape index (κ1) is 13.7.